The van der Waals surface area contributed by atoms with Gasteiger partial charge in [-0.15, -0.1) is 0 Å². The number of hydrogen-bond acceptors (Lipinski definition) is 3. The third-order valence-electron chi connectivity index (χ3n) is 5.90. The number of ketones is 1. The molecule has 4 aliphatic rings. The maximum Gasteiger partial charge on any atom is 0.144 e. The fourth-order valence-corrected chi connectivity index (χ4v) is 4.77. The third kappa shape index (κ3) is 1.51. The van der Waals surface area contributed by atoms with Gasteiger partial charge in [0, 0.05) is 12.3 Å². The monoisotopic (exact) mass is 292 g/mol. The summed E-state index contributed by atoms with van der Waals surface area (Å²) in [5.74, 6) is 0.223. The highest BCUT2D eigenvalue weighted by atomic mass is 16.1. The van der Waals surface area contributed by atoms with Crippen molar-refractivity contribution in [3.63, 3.8) is 0 Å². The van der Waals surface area contributed by atoms with E-state index in [0.717, 1.165) is 31.5 Å². The molecule has 0 radical (unpaired) electrons. The normalized spacial score (nSPS) is 36.1. The van der Waals surface area contributed by atoms with Crippen LogP contribution in [-0.2, 0) is 10.2 Å². The van der Waals surface area contributed by atoms with Crippen molar-refractivity contribution in [2.24, 2.45) is 0 Å². The van der Waals surface area contributed by atoms with E-state index in [0.29, 0.717) is 6.42 Å². The molecule has 1 aromatic carbocycles. The zero-order valence-corrected chi connectivity index (χ0v) is 12.9. The smallest absolute Gasteiger partial charge is 0.144 e. The highest BCUT2D eigenvalue weighted by Gasteiger charge is 2.59. The lowest BCUT2D eigenvalue weighted by Gasteiger charge is -2.54. The molecular weight excluding hydrogens is 272 g/mol. The van der Waals surface area contributed by atoms with Crippen LogP contribution in [0, 0.1) is 11.3 Å². The van der Waals surface area contributed by atoms with E-state index in [1.165, 1.54) is 5.56 Å². The minimum Gasteiger partial charge on any atom is -0.299 e. The first kappa shape index (κ1) is 13.7. The Morgan fingerprint density at radius 1 is 1.32 bits per heavy atom. The van der Waals surface area contributed by atoms with Gasteiger partial charge in [-0.25, -0.2) is 0 Å². The molecule has 0 spiro atoms. The van der Waals surface area contributed by atoms with Crippen LogP contribution in [0.25, 0.3) is 0 Å². The van der Waals surface area contributed by atoms with Crippen LogP contribution >= 0.6 is 0 Å². The Morgan fingerprint density at radius 3 is 2.73 bits per heavy atom. The van der Waals surface area contributed by atoms with E-state index >= 15 is 0 Å². The van der Waals surface area contributed by atoms with Crippen LogP contribution in [0.2, 0.25) is 0 Å². The van der Waals surface area contributed by atoms with Crippen LogP contribution in [0.5, 0.6) is 0 Å². The summed E-state index contributed by atoms with van der Waals surface area (Å²) < 4.78 is 0. The Bertz CT molecular complexity index is 710. The van der Waals surface area contributed by atoms with Gasteiger partial charge in [0.2, 0.25) is 0 Å². The highest BCUT2D eigenvalue weighted by Crippen LogP contribution is 2.56. The van der Waals surface area contributed by atoms with Crippen molar-refractivity contribution in [3.05, 3.63) is 47.5 Å². The number of hydrogen-bond donors (Lipinski definition) is 0. The molecule has 112 valence electrons. The lowest BCUT2D eigenvalue weighted by Crippen LogP contribution is -2.60. The highest BCUT2D eigenvalue weighted by molar-refractivity contribution is 5.93. The maximum atomic E-state index is 12.6. The molecule has 1 fully saturated rings. The molecule has 0 aromatic heterocycles. The molecule has 0 amide bonds. The minimum absolute atomic E-state index is 0.0769. The minimum atomic E-state index is -0.621. The van der Waals surface area contributed by atoms with Crippen molar-refractivity contribution in [2.45, 2.75) is 43.1 Å². The van der Waals surface area contributed by atoms with Crippen LogP contribution in [0.1, 0.15) is 43.2 Å². The number of benzene rings is 1. The first-order valence-electron chi connectivity index (χ1n) is 8.10. The summed E-state index contributed by atoms with van der Waals surface area (Å²) in [6.45, 7) is 3.60. The van der Waals surface area contributed by atoms with Gasteiger partial charge in [0.15, 0.2) is 0 Å². The van der Waals surface area contributed by atoms with Gasteiger partial charge < -0.3 is 0 Å². The molecule has 1 saturated heterocycles. The quantitative estimate of drug-likeness (QED) is 0.787. The van der Waals surface area contributed by atoms with Crippen LogP contribution < -0.4 is 0 Å². The number of carbonyl (C=O) groups excluding carboxylic acids is 1. The van der Waals surface area contributed by atoms with Crippen LogP contribution in [-0.4, -0.2) is 29.3 Å². The molecule has 1 aromatic rings. The van der Waals surface area contributed by atoms with Crippen LogP contribution in [0.15, 0.2) is 36.4 Å². The summed E-state index contributed by atoms with van der Waals surface area (Å²) in [5, 5.41) is 10.1. The number of Topliss-reactive ketones (excluding diaryl/α,β-unsaturated/α-hetero) is 1. The Morgan fingerprint density at radius 2 is 2.05 bits per heavy atom. The number of nitrogens with zero attached hydrogens (tertiary/aromatic N) is 2. The lowest BCUT2D eigenvalue weighted by atomic mass is 9.53. The number of allylic oxidation sites excluding steroid dienone is 1. The van der Waals surface area contributed by atoms with Gasteiger partial charge in [-0.05, 0) is 44.0 Å². The van der Waals surface area contributed by atoms with Crippen molar-refractivity contribution in [1.29, 1.82) is 5.26 Å². The van der Waals surface area contributed by atoms with E-state index in [-0.39, 0.29) is 11.7 Å². The molecule has 0 saturated carbocycles. The van der Waals surface area contributed by atoms with Gasteiger partial charge in [-0.1, -0.05) is 36.4 Å². The van der Waals surface area contributed by atoms with E-state index < -0.39 is 11.0 Å². The molecule has 3 aliphatic carbocycles. The first-order chi connectivity index (χ1) is 10.6. The first-order valence-corrected chi connectivity index (χ1v) is 8.10. The van der Waals surface area contributed by atoms with Crippen LogP contribution in [0.4, 0.5) is 0 Å². The van der Waals surface area contributed by atoms with E-state index in [2.05, 4.69) is 35.3 Å². The number of rotatable bonds is 2. The second kappa shape index (κ2) is 4.54. The topological polar surface area (TPSA) is 44.1 Å². The number of nitriles is 1. The fourth-order valence-electron chi connectivity index (χ4n) is 4.77. The predicted molar refractivity (Wildman–Crippen MR) is 84.5 cm³/mol. The average Bonchev–Trinajstić information content (AvgIpc) is 3.10. The predicted octanol–water partition coefficient (Wildman–Crippen LogP) is 2.93. The molecule has 2 bridgehead atoms. The fraction of sp³-hybridized carbons (Fsp3) is 0.474. The molecule has 0 N–H and O–H groups in total. The molecular formula is C19H20N2O. The second-order valence-electron chi connectivity index (χ2n) is 6.86. The molecule has 0 unspecified atom stereocenters. The van der Waals surface area contributed by atoms with Crippen molar-refractivity contribution in [2.75, 3.05) is 13.1 Å². The van der Waals surface area contributed by atoms with Gasteiger partial charge >= 0.3 is 0 Å². The molecule has 1 heterocycles. The van der Waals surface area contributed by atoms with Gasteiger partial charge in [0.25, 0.3) is 0 Å². The third-order valence-corrected chi connectivity index (χ3v) is 5.90. The average molecular weight is 292 g/mol. The van der Waals surface area contributed by atoms with E-state index in [4.69, 9.17) is 0 Å². The number of carbonyl (C=O) groups is 1. The zero-order chi connectivity index (χ0) is 15.4. The Balaban J connectivity index is 1.96. The summed E-state index contributed by atoms with van der Waals surface area (Å²) in [6, 6.07) is 10.8. The zero-order valence-electron chi connectivity index (χ0n) is 12.9. The molecule has 1 aliphatic heterocycles. The number of fused-ring (bicyclic) bond motifs is 1. The van der Waals surface area contributed by atoms with Gasteiger partial charge in [-0.3, -0.25) is 9.69 Å². The van der Waals surface area contributed by atoms with E-state index in [1.807, 2.05) is 12.1 Å². The largest absolute Gasteiger partial charge is 0.299 e. The van der Waals surface area contributed by atoms with Gasteiger partial charge in [0.1, 0.15) is 11.3 Å². The Hall–Kier alpha value is -1.92. The second-order valence-corrected chi connectivity index (χ2v) is 6.86. The summed E-state index contributed by atoms with van der Waals surface area (Å²) in [5.41, 5.74) is 1.09. The Labute approximate surface area is 131 Å². The summed E-state index contributed by atoms with van der Waals surface area (Å²) in [7, 11) is 0. The molecule has 3 heteroatoms. The van der Waals surface area contributed by atoms with Crippen LogP contribution in [0.3, 0.4) is 0 Å². The van der Waals surface area contributed by atoms with Crippen molar-refractivity contribution in [3.8, 4) is 6.07 Å². The molecule has 5 rings (SSSR count). The molecule has 3 nitrogen and oxygen atoms in total. The van der Waals surface area contributed by atoms with Crippen molar-refractivity contribution in [1.82, 2.24) is 4.90 Å². The summed E-state index contributed by atoms with van der Waals surface area (Å²) >= 11 is 0. The van der Waals surface area contributed by atoms with Gasteiger partial charge in [-0.2, -0.15) is 5.26 Å². The summed E-state index contributed by atoms with van der Waals surface area (Å²) in [6.07, 6.45) is 7.08. The van der Waals surface area contributed by atoms with E-state index in [9.17, 15) is 10.1 Å². The van der Waals surface area contributed by atoms with Gasteiger partial charge in [0.05, 0.1) is 11.5 Å². The Kier molecular flexibility index (Phi) is 2.83. The SMILES string of the molecule is CC(=O)[C@]12C=C[C@H](c3ccccc31)[C@](C#N)(N1CCCC1)C2. The molecule has 3 atom stereocenters. The standard InChI is InChI=1S/C19H20N2O/c1-14(22)18-9-8-17(15-6-2-3-7-16(15)18)19(12-18,13-20)21-10-4-5-11-21/h2-3,6-9,17H,4-5,10-12H2,1H3/t17-,18-,19+/m1/s1. The number of likely N-dealkylation sites (tertiary alicyclic amines) is 1. The molecule has 22 heavy (non-hydrogen) atoms. The van der Waals surface area contributed by atoms with Crippen molar-refractivity contribution >= 4 is 5.78 Å². The summed E-state index contributed by atoms with van der Waals surface area (Å²) in [4.78, 5) is 14.9. The maximum absolute atomic E-state index is 12.6. The van der Waals surface area contributed by atoms with E-state index in [1.54, 1.807) is 6.92 Å². The van der Waals surface area contributed by atoms with Crippen molar-refractivity contribution < 1.29 is 4.79 Å². The lowest BCUT2D eigenvalue weighted by molar-refractivity contribution is -0.122.